The molecule has 0 aliphatic rings. The van der Waals surface area contributed by atoms with Crippen molar-refractivity contribution in [2.24, 2.45) is 0 Å². The number of hydrogen-bond acceptors (Lipinski definition) is 6. The lowest BCUT2D eigenvalue weighted by Crippen LogP contribution is -2.31. The van der Waals surface area contributed by atoms with E-state index in [-0.39, 0.29) is 29.5 Å². The quantitative estimate of drug-likeness (QED) is 0.365. The molecule has 0 N–H and O–H groups in total. The van der Waals surface area contributed by atoms with Gasteiger partial charge in [0.2, 0.25) is 5.91 Å². The number of amides is 1. The number of aryl methyl sites for hydroxylation is 1. The number of thiazole rings is 1. The first-order valence-electron chi connectivity index (χ1n) is 9.50. The molecule has 2 heterocycles. The molecule has 31 heavy (non-hydrogen) atoms. The van der Waals surface area contributed by atoms with Crippen molar-refractivity contribution in [2.45, 2.75) is 24.8 Å². The smallest absolute Gasteiger partial charge is 0.230 e. The second kappa shape index (κ2) is 8.82. The molecular formula is C22H19ClN2O4S2. The first kappa shape index (κ1) is 21.5. The summed E-state index contributed by atoms with van der Waals surface area (Å²) in [6.45, 7) is 2.16. The number of rotatable bonds is 7. The first-order valence-corrected chi connectivity index (χ1v) is 12.3. The van der Waals surface area contributed by atoms with Gasteiger partial charge < -0.3 is 4.42 Å². The summed E-state index contributed by atoms with van der Waals surface area (Å²) < 4.78 is 31.7. The van der Waals surface area contributed by atoms with Crippen LogP contribution in [0.5, 0.6) is 0 Å². The lowest BCUT2D eigenvalue weighted by Gasteiger charge is -2.18. The normalized spacial score (nSPS) is 11.7. The lowest BCUT2D eigenvalue weighted by molar-refractivity contribution is -0.118. The molecule has 1 amide bonds. The fourth-order valence-electron chi connectivity index (χ4n) is 3.07. The number of sulfone groups is 1. The molecule has 0 saturated carbocycles. The molecule has 0 bridgehead atoms. The van der Waals surface area contributed by atoms with E-state index in [9.17, 15) is 13.2 Å². The van der Waals surface area contributed by atoms with Gasteiger partial charge in [0.1, 0.15) is 5.76 Å². The summed E-state index contributed by atoms with van der Waals surface area (Å²) in [5, 5.41) is 0.955. The van der Waals surface area contributed by atoms with Crippen LogP contribution in [-0.4, -0.2) is 25.1 Å². The van der Waals surface area contributed by atoms with Gasteiger partial charge >= 0.3 is 0 Å². The Kier molecular flexibility index (Phi) is 6.13. The van der Waals surface area contributed by atoms with Gasteiger partial charge in [-0.15, -0.1) is 0 Å². The number of benzene rings is 2. The fourth-order valence-corrected chi connectivity index (χ4v) is 5.51. The van der Waals surface area contributed by atoms with Crippen molar-refractivity contribution in [3.63, 3.8) is 0 Å². The molecule has 4 rings (SSSR count). The summed E-state index contributed by atoms with van der Waals surface area (Å²) in [5.74, 6) is -0.0689. The molecule has 2 aromatic carbocycles. The number of carbonyl (C=O) groups excluding carboxylic acids is 1. The summed E-state index contributed by atoms with van der Waals surface area (Å²) in [6.07, 6.45) is 1.35. The second-order valence-corrected chi connectivity index (χ2v) is 10.6. The van der Waals surface area contributed by atoms with E-state index in [0.717, 1.165) is 15.8 Å². The van der Waals surface area contributed by atoms with Crippen LogP contribution in [0.25, 0.3) is 10.2 Å². The van der Waals surface area contributed by atoms with Gasteiger partial charge in [-0.3, -0.25) is 9.69 Å². The standard InChI is InChI=1S/C22H19ClN2O4S2/c1-15-4-9-19-20(13-15)30-22(24-19)25(14-17-3-2-11-29-17)21(26)10-12-31(27,28)18-7-5-16(23)6-8-18/h2-9,11,13H,10,12,14H2,1H3. The van der Waals surface area contributed by atoms with E-state index in [1.54, 1.807) is 12.1 Å². The molecule has 0 spiro atoms. The fraction of sp³-hybridized carbons (Fsp3) is 0.182. The number of carbonyl (C=O) groups is 1. The van der Waals surface area contributed by atoms with Crippen LogP contribution in [0.15, 0.2) is 70.2 Å². The minimum Gasteiger partial charge on any atom is -0.467 e. The average Bonchev–Trinajstić information content (AvgIpc) is 3.39. The third-order valence-electron chi connectivity index (χ3n) is 4.72. The van der Waals surface area contributed by atoms with E-state index in [4.69, 9.17) is 16.0 Å². The van der Waals surface area contributed by atoms with Crippen LogP contribution in [0.4, 0.5) is 5.13 Å². The van der Waals surface area contributed by atoms with Gasteiger partial charge in [0.25, 0.3) is 0 Å². The number of furan rings is 1. The molecule has 2 aromatic heterocycles. The Morgan fingerprint density at radius 1 is 1.16 bits per heavy atom. The predicted octanol–water partition coefficient (Wildman–Crippen LogP) is 5.25. The van der Waals surface area contributed by atoms with Gasteiger partial charge in [-0.05, 0) is 61.0 Å². The topological polar surface area (TPSA) is 80.5 Å². The monoisotopic (exact) mass is 474 g/mol. The van der Waals surface area contributed by atoms with Crippen molar-refractivity contribution in [1.29, 1.82) is 0 Å². The lowest BCUT2D eigenvalue weighted by atomic mass is 10.2. The third-order valence-corrected chi connectivity index (χ3v) is 7.74. The molecule has 0 aliphatic heterocycles. The van der Waals surface area contributed by atoms with E-state index in [1.165, 1.54) is 46.8 Å². The summed E-state index contributed by atoms with van der Waals surface area (Å²) in [5.41, 5.74) is 1.89. The minimum atomic E-state index is -3.63. The van der Waals surface area contributed by atoms with E-state index >= 15 is 0 Å². The van der Waals surface area contributed by atoms with Gasteiger partial charge in [0.15, 0.2) is 15.0 Å². The number of hydrogen-bond donors (Lipinski definition) is 0. The first-order chi connectivity index (χ1) is 14.8. The molecule has 160 valence electrons. The van der Waals surface area contributed by atoms with E-state index in [0.29, 0.717) is 15.9 Å². The maximum Gasteiger partial charge on any atom is 0.230 e. The third kappa shape index (κ3) is 4.98. The van der Waals surface area contributed by atoms with Crippen LogP contribution in [0.3, 0.4) is 0 Å². The zero-order valence-electron chi connectivity index (χ0n) is 16.6. The molecule has 0 radical (unpaired) electrons. The largest absolute Gasteiger partial charge is 0.467 e. The Morgan fingerprint density at radius 2 is 1.94 bits per heavy atom. The highest BCUT2D eigenvalue weighted by atomic mass is 35.5. The summed E-state index contributed by atoms with van der Waals surface area (Å²) in [6, 6.07) is 15.3. The van der Waals surface area contributed by atoms with Crippen LogP contribution in [0, 0.1) is 6.92 Å². The molecule has 6 nitrogen and oxygen atoms in total. The zero-order chi connectivity index (χ0) is 22.0. The molecule has 4 aromatic rings. The molecule has 0 atom stereocenters. The summed E-state index contributed by atoms with van der Waals surface area (Å²) >= 11 is 7.23. The number of fused-ring (bicyclic) bond motifs is 1. The number of aromatic nitrogens is 1. The van der Waals surface area contributed by atoms with E-state index in [2.05, 4.69) is 4.98 Å². The van der Waals surface area contributed by atoms with Gasteiger partial charge in [0.05, 0.1) is 33.7 Å². The number of anilines is 1. The van der Waals surface area contributed by atoms with Crippen molar-refractivity contribution in [1.82, 2.24) is 4.98 Å². The molecule has 0 fully saturated rings. The van der Waals surface area contributed by atoms with Crippen LogP contribution >= 0.6 is 22.9 Å². The Bertz CT molecular complexity index is 1310. The zero-order valence-corrected chi connectivity index (χ0v) is 19.0. The van der Waals surface area contributed by atoms with Crippen molar-refractivity contribution >= 4 is 54.0 Å². The maximum atomic E-state index is 13.1. The molecule has 0 aliphatic carbocycles. The predicted molar refractivity (Wildman–Crippen MR) is 122 cm³/mol. The van der Waals surface area contributed by atoms with Gasteiger partial charge in [-0.25, -0.2) is 13.4 Å². The van der Waals surface area contributed by atoms with Gasteiger partial charge in [0, 0.05) is 11.4 Å². The molecule has 9 heteroatoms. The summed E-state index contributed by atoms with van der Waals surface area (Å²) in [7, 11) is -3.63. The molecular weight excluding hydrogens is 456 g/mol. The number of nitrogens with zero attached hydrogens (tertiary/aromatic N) is 2. The van der Waals surface area contributed by atoms with Gasteiger partial charge in [-0.2, -0.15) is 0 Å². The van der Waals surface area contributed by atoms with Crippen molar-refractivity contribution < 1.29 is 17.6 Å². The number of halogens is 1. The Hall–Kier alpha value is -2.68. The maximum absolute atomic E-state index is 13.1. The van der Waals surface area contributed by atoms with Crippen LogP contribution < -0.4 is 4.90 Å². The van der Waals surface area contributed by atoms with Crippen molar-refractivity contribution in [3.8, 4) is 0 Å². The summed E-state index contributed by atoms with van der Waals surface area (Å²) in [4.78, 5) is 19.3. The van der Waals surface area contributed by atoms with Crippen LogP contribution in [0.1, 0.15) is 17.7 Å². The average molecular weight is 475 g/mol. The van der Waals surface area contributed by atoms with Gasteiger partial charge in [-0.1, -0.05) is 29.0 Å². The Balaban J connectivity index is 1.58. The van der Waals surface area contributed by atoms with E-state index in [1.807, 2.05) is 25.1 Å². The second-order valence-electron chi connectivity index (χ2n) is 7.05. The van der Waals surface area contributed by atoms with Crippen molar-refractivity contribution in [3.05, 3.63) is 77.2 Å². The highest BCUT2D eigenvalue weighted by molar-refractivity contribution is 7.91. The molecule has 0 unspecified atom stereocenters. The van der Waals surface area contributed by atoms with Crippen LogP contribution in [0.2, 0.25) is 5.02 Å². The highest BCUT2D eigenvalue weighted by Crippen LogP contribution is 2.31. The Labute approximate surface area is 189 Å². The minimum absolute atomic E-state index is 0.137. The molecule has 0 saturated heterocycles. The van der Waals surface area contributed by atoms with E-state index < -0.39 is 9.84 Å². The Morgan fingerprint density at radius 3 is 2.65 bits per heavy atom. The van der Waals surface area contributed by atoms with Crippen LogP contribution in [-0.2, 0) is 21.2 Å². The SMILES string of the molecule is Cc1ccc2nc(N(Cc3ccco3)C(=O)CCS(=O)(=O)c3ccc(Cl)cc3)sc2c1. The highest BCUT2D eigenvalue weighted by Gasteiger charge is 2.24. The van der Waals surface area contributed by atoms with Crippen molar-refractivity contribution in [2.75, 3.05) is 10.7 Å².